The molecule has 0 heterocycles. The molecular weight excluding hydrogens is 174 g/mol. The Kier molecular flexibility index (Phi) is 15.7. The smallest absolute Gasteiger partial charge is 0.130 e. The van der Waals surface area contributed by atoms with Gasteiger partial charge in [0.25, 0.3) is 0 Å². The summed E-state index contributed by atoms with van der Waals surface area (Å²) in [5.74, 6) is 1.81. The lowest BCUT2D eigenvalue weighted by Gasteiger charge is -1.93. The molecule has 0 saturated carbocycles. The summed E-state index contributed by atoms with van der Waals surface area (Å²) in [6.07, 6.45) is 1.88. The number of thioether (sulfide) groups is 1. The highest BCUT2D eigenvalue weighted by atomic mass is 32.2. The van der Waals surface area contributed by atoms with Gasteiger partial charge in [-0.25, -0.2) is 0 Å². The Morgan fingerprint density at radius 3 is 2.42 bits per heavy atom. The zero-order valence-electron chi connectivity index (χ0n) is 7.67. The van der Waals surface area contributed by atoms with Gasteiger partial charge < -0.3 is 10.5 Å². The van der Waals surface area contributed by atoms with Crippen molar-refractivity contribution in [1.29, 1.82) is 5.41 Å². The van der Waals surface area contributed by atoms with E-state index in [1.807, 2.05) is 0 Å². The molecule has 72 valence electrons. The Morgan fingerprint density at radius 1 is 1.58 bits per heavy atom. The summed E-state index contributed by atoms with van der Waals surface area (Å²) in [5.41, 5.74) is 0. The fourth-order valence-electron chi connectivity index (χ4n) is 0.383. The number of carbonyl (C=O) groups is 1. The summed E-state index contributed by atoms with van der Waals surface area (Å²) in [6.45, 7) is 3.46. The van der Waals surface area contributed by atoms with Crippen LogP contribution in [0.4, 0.5) is 0 Å². The Balaban J connectivity index is 0. The van der Waals surface area contributed by atoms with E-state index in [0.29, 0.717) is 6.42 Å². The van der Waals surface area contributed by atoms with E-state index in [1.165, 1.54) is 6.21 Å². The molecule has 0 bridgehead atoms. The lowest BCUT2D eigenvalue weighted by atomic mass is 10.4. The summed E-state index contributed by atoms with van der Waals surface area (Å²) >= 11 is 1.61. The van der Waals surface area contributed by atoms with Gasteiger partial charge in [0.05, 0.1) is 6.61 Å². The first-order valence-electron chi connectivity index (χ1n) is 3.82. The van der Waals surface area contributed by atoms with E-state index in [9.17, 15) is 4.79 Å². The normalized spacial score (nSPS) is 8.25. The summed E-state index contributed by atoms with van der Waals surface area (Å²) in [4.78, 5) is 10.3. The Labute approximate surface area is 78.1 Å². The van der Waals surface area contributed by atoms with Crippen molar-refractivity contribution in [2.24, 2.45) is 0 Å². The van der Waals surface area contributed by atoms with E-state index in [2.05, 4.69) is 0 Å². The molecule has 0 aromatic rings. The predicted molar refractivity (Wildman–Crippen MR) is 54.2 cm³/mol. The number of aliphatic hydroxyl groups is 1. The number of carbonyl (C=O) groups excluding carboxylic acids is 1. The maximum absolute atomic E-state index is 10.3. The Hall–Kier alpha value is -0.350. The number of nitrogens with one attached hydrogen (secondary N) is 1. The maximum atomic E-state index is 10.3. The molecule has 0 unspecified atom stereocenters. The van der Waals surface area contributed by atoms with E-state index < -0.39 is 0 Å². The molecule has 3 nitrogen and oxygen atoms in total. The molecule has 2 N–H and O–H groups in total. The average Bonchev–Trinajstić information content (AvgIpc) is 1.99. The first-order valence-corrected chi connectivity index (χ1v) is 4.97. The van der Waals surface area contributed by atoms with Crippen molar-refractivity contribution in [3.63, 3.8) is 0 Å². The highest BCUT2D eigenvalue weighted by Gasteiger charge is 1.91. The molecule has 0 aromatic heterocycles. The highest BCUT2D eigenvalue weighted by Crippen LogP contribution is 2.00. The van der Waals surface area contributed by atoms with Gasteiger partial charge in [0.1, 0.15) is 5.78 Å². The zero-order valence-corrected chi connectivity index (χ0v) is 8.49. The standard InChI is InChI=1S/C6H12O2S.C2H5N/c1-6(8)2-4-9-5-3-7;1-2-3/h7H,2-5H2,1H3;2-3H,1H3. The van der Waals surface area contributed by atoms with Gasteiger partial charge in [-0.05, 0) is 20.1 Å². The lowest BCUT2D eigenvalue weighted by molar-refractivity contribution is -0.116. The summed E-state index contributed by atoms with van der Waals surface area (Å²) in [7, 11) is 0. The molecular formula is C8H17NO2S. The van der Waals surface area contributed by atoms with Crippen LogP contribution < -0.4 is 0 Å². The largest absolute Gasteiger partial charge is 0.396 e. The van der Waals surface area contributed by atoms with Gasteiger partial charge >= 0.3 is 0 Å². The van der Waals surface area contributed by atoms with Gasteiger partial charge in [-0.3, -0.25) is 4.79 Å². The van der Waals surface area contributed by atoms with Gasteiger partial charge in [0.15, 0.2) is 0 Å². The minimum absolute atomic E-state index is 0.211. The second kappa shape index (κ2) is 13.3. The van der Waals surface area contributed by atoms with Crippen LogP contribution in [0.3, 0.4) is 0 Å². The highest BCUT2D eigenvalue weighted by molar-refractivity contribution is 7.99. The molecule has 4 heteroatoms. The van der Waals surface area contributed by atoms with Crippen molar-refractivity contribution in [2.75, 3.05) is 18.1 Å². The van der Waals surface area contributed by atoms with Gasteiger partial charge in [0, 0.05) is 17.9 Å². The number of hydrogen-bond donors (Lipinski definition) is 2. The molecule has 12 heavy (non-hydrogen) atoms. The predicted octanol–water partition coefficient (Wildman–Crippen LogP) is 1.35. The molecule has 0 fully saturated rings. The molecule has 0 aromatic carbocycles. The monoisotopic (exact) mass is 191 g/mol. The second-order valence-corrected chi connectivity index (χ2v) is 3.30. The van der Waals surface area contributed by atoms with Gasteiger partial charge in [-0.15, -0.1) is 0 Å². The zero-order chi connectivity index (χ0) is 9.82. The number of ketones is 1. The van der Waals surface area contributed by atoms with Crippen molar-refractivity contribution in [1.82, 2.24) is 0 Å². The van der Waals surface area contributed by atoms with E-state index in [-0.39, 0.29) is 12.4 Å². The molecule has 0 aliphatic rings. The molecule has 0 amide bonds. The molecule has 0 atom stereocenters. The quantitative estimate of drug-likeness (QED) is 0.509. The van der Waals surface area contributed by atoms with Crippen LogP contribution in [0, 0.1) is 5.41 Å². The minimum Gasteiger partial charge on any atom is -0.396 e. The molecule has 0 aliphatic carbocycles. The molecule has 0 aliphatic heterocycles. The molecule has 0 radical (unpaired) electrons. The van der Waals surface area contributed by atoms with Crippen LogP contribution in [0.2, 0.25) is 0 Å². The maximum Gasteiger partial charge on any atom is 0.130 e. The van der Waals surface area contributed by atoms with Crippen LogP contribution in [0.15, 0.2) is 0 Å². The minimum atomic E-state index is 0.211. The van der Waals surface area contributed by atoms with Gasteiger partial charge in [-0.1, -0.05) is 0 Å². The molecule has 0 rings (SSSR count). The topological polar surface area (TPSA) is 61.1 Å². The number of aliphatic hydroxyl groups excluding tert-OH is 1. The van der Waals surface area contributed by atoms with Crippen LogP contribution in [-0.4, -0.2) is 35.2 Å². The van der Waals surface area contributed by atoms with E-state index in [4.69, 9.17) is 10.5 Å². The Bertz CT molecular complexity index is 118. The summed E-state index contributed by atoms with van der Waals surface area (Å²) < 4.78 is 0. The van der Waals surface area contributed by atoms with Gasteiger partial charge in [-0.2, -0.15) is 11.8 Å². The fraction of sp³-hybridized carbons (Fsp3) is 0.750. The van der Waals surface area contributed by atoms with Crippen molar-refractivity contribution < 1.29 is 9.90 Å². The van der Waals surface area contributed by atoms with Gasteiger partial charge in [0.2, 0.25) is 0 Å². The van der Waals surface area contributed by atoms with E-state index in [1.54, 1.807) is 25.6 Å². The third-order valence-electron chi connectivity index (χ3n) is 0.834. The third kappa shape index (κ3) is 22.6. The molecule has 0 saturated heterocycles. The summed E-state index contributed by atoms with van der Waals surface area (Å²) in [6, 6.07) is 0. The van der Waals surface area contributed by atoms with Crippen molar-refractivity contribution >= 4 is 23.8 Å². The summed E-state index contributed by atoms with van der Waals surface area (Å²) in [5, 5.41) is 14.4. The first-order chi connectivity index (χ1) is 5.68. The first kappa shape index (κ1) is 14.2. The van der Waals surface area contributed by atoms with Crippen molar-refractivity contribution in [2.45, 2.75) is 20.3 Å². The SMILES string of the molecule is CC(=O)CCSCCO.CC=N. The number of rotatable bonds is 5. The van der Waals surface area contributed by atoms with Crippen LogP contribution in [0.5, 0.6) is 0 Å². The van der Waals surface area contributed by atoms with Crippen LogP contribution in [-0.2, 0) is 4.79 Å². The number of hydrogen-bond acceptors (Lipinski definition) is 4. The van der Waals surface area contributed by atoms with E-state index in [0.717, 1.165) is 11.5 Å². The van der Waals surface area contributed by atoms with Crippen LogP contribution in [0.25, 0.3) is 0 Å². The van der Waals surface area contributed by atoms with Crippen molar-refractivity contribution in [3.05, 3.63) is 0 Å². The second-order valence-electron chi connectivity index (χ2n) is 2.08. The lowest BCUT2D eigenvalue weighted by Crippen LogP contribution is -1.94. The Morgan fingerprint density at radius 2 is 2.08 bits per heavy atom. The van der Waals surface area contributed by atoms with Crippen LogP contribution in [0.1, 0.15) is 20.3 Å². The fourth-order valence-corrected chi connectivity index (χ4v) is 1.15. The van der Waals surface area contributed by atoms with E-state index >= 15 is 0 Å². The van der Waals surface area contributed by atoms with Crippen LogP contribution >= 0.6 is 11.8 Å². The third-order valence-corrected chi connectivity index (χ3v) is 1.80. The molecule has 0 spiro atoms. The number of Topliss-reactive ketones (excluding diaryl/α,β-unsaturated/α-hetero) is 1. The van der Waals surface area contributed by atoms with Crippen molar-refractivity contribution in [3.8, 4) is 0 Å². The average molecular weight is 191 g/mol.